The number of urea groups is 1. The lowest BCUT2D eigenvalue weighted by molar-refractivity contribution is 0.0564. The molecule has 5 nitrogen and oxygen atoms in total. The summed E-state index contributed by atoms with van der Waals surface area (Å²) in [5, 5.41) is 3.49. The summed E-state index contributed by atoms with van der Waals surface area (Å²) < 4.78 is 5.26. The molecule has 2 aliphatic heterocycles. The average molecular weight is 310 g/mol. The molecule has 0 bridgehead atoms. The van der Waals surface area contributed by atoms with Gasteiger partial charge in [0.15, 0.2) is 0 Å². The second-order valence-electron chi connectivity index (χ2n) is 5.39. The molecule has 6 heteroatoms. The Hall–Kier alpha value is -1.46. The first-order valence-electron chi connectivity index (χ1n) is 7.42. The van der Waals surface area contributed by atoms with E-state index in [-0.39, 0.29) is 6.03 Å². The average Bonchev–Trinajstić information content (AvgIpc) is 3.04. The topological polar surface area (TPSA) is 44.8 Å². The number of carbonyl (C=O) groups is 1. The van der Waals surface area contributed by atoms with Crippen molar-refractivity contribution in [1.29, 1.82) is 0 Å². The fourth-order valence-electron chi connectivity index (χ4n) is 2.74. The van der Waals surface area contributed by atoms with Crippen LogP contribution in [0.4, 0.5) is 16.2 Å². The summed E-state index contributed by atoms with van der Waals surface area (Å²) in [5.74, 6) is 0. The molecule has 0 aromatic heterocycles. The van der Waals surface area contributed by atoms with Gasteiger partial charge in [0.2, 0.25) is 0 Å². The van der Waals surface area contributed by atoms with Crippen molar-refractivity contribution in [2.75, 3.05) is 49.6 Å². The van der Waals surface area contributed by atoms with Gasteiger partial charge in [-0.15, -0.1) is 0 Å². The molecule has 0 aliphatic carbocycles. The minimum Gasteiger partial charge on any atom is -0.378 e. The van der Waals surface area contributed by atoms with Gasteiger partial charge in [-0.1, -0.05) is 11.6 Å². The fraction of sp³-hybridized carbons (Fsp3) is 0.533. The van der Waals surface area contributed by atoms with Crippen molar-refractivity contribution in [3.8, 4) is 0 Å². The van der Waals surface area contributed by atoms with Gasteiger partial charge in [-0.05, 0) is 31.0 Å². The van der Waals surface area contributed by atoms with Gasteiger partial charge in [0.25, 0.3) is 0 Å². The molecular weight excluding hydrogens is 290 g/mol. The predicted molar refractivity (Wildman–Crippen MR) is 84.3 cm³/mol. The standard InChI is InChI=1S/C15H20ClN3O2/c16-13-4-3-12(18-5-1-2-6-18)11-14(13)17-15(20)19-7-9-21-10-8-19/h3-4,11H,1-2,5-10H2,(H,17,20). The zero-order valence-corrected chi connectivity index (χ0v) is 12.7. The van der Waals surface area contributed by atoms with E-state index in [0.717, 1.165) is 18.8 Å². The van der Waals surface area contributed by atoms with Gasteiger partial charge < -0.3 is 19.9 Å². The van der Waals surface area contributed by atoms with Crippen LogP contribution in [0.2, 0.25) is 5.02 Å². The minimum absolute atomic E-state index is 0.112. The summed E-state index contributed by atoms with van der Waals surface area (Å²) in [4.78, 5) is 16.3. The van der Waals surface area contributed by atoms with Crippen LogP contribution >= 0.6 is 11.6 Å². The monoisotopic (exact) mass is 309 g/mol. The lowest BCUT2D eigenvalue weighted by atomic mass is 10.2. The Bertz CT molecular complexity index is 512. The number of nitrogens with one attached hydrogen (secondary N) is 1. The number of anilines is 2. The third kappa shape index (κ3) is 3.41. The van der Waals surface area contributed by atoms with Gasteiger partial charge in [0.05, 0.1) is 23.9 Å². The van der Waals surface area contributed by atoms with E-state index < -0.39 is 0 Å². The molecule has 1 aromatic carbocycles. The van der Waals surface area contributed by atoms with Crippen LogP contribution in [0.15, 0.2) is 18.2 Å². The molecule has 1 N–H and O–H groups in total. The maximum Gasteiger partial charge on any atom is 0.322 e. The van der Waals surface area contributed by atoms with E-state index in [1.54, 1.807) is 4.90 Å². The number of morpholine rings is 1. The third-order valence-corrected chi connectivity index (χ3v) is 4.29. The summed E-state index contributed by atoms with van der Waals surface area (Å²) in [7, 11) is 0. The lowest BCUT2D eigenvalue weighted by Gasteiger charge is -2.27. The Kier molecular flexibility index (Phi) is 4.51. The second-order valence-corrected chi connectivity index (χ2v) is 5.80. The molecule has 0 unspecified atom stereocenters. The highest BCUT2D eigenvalue weighted by atomic mass is 35.5. The Labute approximate surface area is 129 Å². The molecule has 2 aliphatic rings. The van der Waals surface area contributed by atoms with Crippen LogP contribution in [0.25, 0.3) is 0 Å². The maximum absolute atomic E-state index is 12.2. The summed E-state index contributed by atoms with van der Waals surface area (Å²) in [6, 6.07) is 5.72. The smallest absolute Gasteiger partial charge is 0.322 e. The molecule has 114 valence electrons. The third-order valence-electron chi connectivity index (χ3n) is 3.96. The summed E-state index contributed by atoms with van der Waals surface area (Å²) in [5.41, 5.74) is 1.80. The van der Waals surface area contributed by atoms with E-state index in [2.05, 4.69) is 10.2 Å². The van der Waals surface area contributed by atoms with Gasteiger partial charge >= 0.3 is 6.03 Å². The molecule has 0 radical (unpaired) electrons. The van der Waals surface area contributed by atoms with Crippen LogP contribution < -0.4 is 10.2 Å². The van der Waals surface area contributed by atoms with Crippen LogP contribution in [0, 0.1) is 0 Å². The Balaban J connectivity index is 1.71. The first-order valence-corrected chi connectivity index (χ1v) is 7.80. The number of halogens is 1. The van der Waals surface area contributed by atoms with Crippen molar-refractivity contribution < 1.29 is 9.53 Å². The van der Waals surface area contributed by atoms with E-state index in [1.807, 2.05) is 18.2 Å². The minimum atomic E-state index is -0.112. The SMILES string of the molecule is O=C(Nc1cc(N2CCCC2)ccc1Cl)N1CCOCC1. The van der Waals surface area contributed by atoms with Gasteiger partial charge in [0.1, 0.15) is 0 Å². The molecule has 0 spiro atoms. The van der Waals surface area contributed by atoms with Crippen LogP contribution in [-0.4, -0.2) is 50.3 Å². The maximum atomic E-state index is 12.2. The summed E-state index contributed by atoms with van der Waals surface area (Å²) >= 11 is 6.21. The van der Waals surface area contributed by atoms with Crippen LogP contribution in [0.1, 0.15) is 12.8 Å². The van der Waals surface area contributed by atoms with Crippen molar-refractivity contribution in [3.63, 3.8) is 0 Å². The van der Waals surface area contributed by atoms with Gasteiger partial charge in [-0.3, -0.25) is 0 Å². The van der Waals surface area contributed by atoms with Crippen molar-refractivity contribution in [2.45, 2.75) is 12.8 Å². The molecular formula is C15H20ClN3O2. The Morgan fingerprint density at radius 2 is 1.86 bits per heavy atom. The highest BCUT2D eigenvalue weighted by Gasteiger charge is 2.19. The molecule has 2 saturated heterocycles. The fourth-order valence-corrected chi connectivity index (χ4v) is 2.91. The first kappa shape index (κ1) is 14.5. The van der Waals surface area contributed by atoms with Crippen molar-refractivity contribution in [1.82, 2.24) is 4.90 Å². The number of amides is 2. The van der Waals surface area contributed by atoms with Crippen molar-refractivity contribution in [2.24, 2.45) is 0 Å². The van der Waals surface area contributed by atoms with Crippen LogP contribution in [-0.2, 0) is 4.74 Å². The number of nitrogens with zero attached hydrogens (tertiary/aromatic N) is 2. The molecule has 3 rings (SSSR count). The molecule has 2 amide bonds. The van der Waals surface area contributed by atoms with Crippen molar-refractivity contribution >= 4 is 29.0 Å². The predicted octanol–water partition coefficient (Wildman–Crippen LogP) is 2.80. The molecule has 2 fully saturated rings. The van der Waals surface area contributed by atoms with Crippen LogP contribution in [0.3, 0.4) is 0 Å². The largest absolute Gasteiger partial charge is 0.378 e. The molecule has 0 atom stereocenters. The van der Waals surface area contributed by atoms with E-state index in [9.17, 15) is 4.79 Å². The summed E-state index contributed by atoms with van der Waals surface area (Å²) in [6.45, 7) is 4.56. The van der Waals surface area contributed by atoms with E-state index in [1.165, 1.54) is 12.8 Å². The quantitative estimate of drug-likeness (QED) is 0.913. The number of hydrogen-bond acceptors (Lipinski definition) is 3. The zero-order chi connectivity index (χ0) is 14.7. The van der Waals surface area contributed by atoms with Gasteiger partial charge in [-0.25, -0.2) is 4.79 Å². The Morgan fingerprint density at radius 1 is 1.14 bits per heavy atom. The van der Waals surface area contributed by atoms with E-state index in [4.69, 9.17) is 16.3 Å². The van der Waals surface area contributed by atoms with E-state index in [0.29, 0.717) is 37.0 Å². The molecule has 1 aromatic rings. The highest BCUT2D eigenvalue weighted by Crippen LogP contribution is 2.29. The zero-order valence-electron chi connectivity index (χ0n) is 12.0. The summed E-state index contributed by atoms with van der Waals surface area (Å²) in [6.07, 6.45) is 2.44. The second kappa shape index (κ2) is 6.54. The van der Waals surface area contributed by atoms with Crippen LogP contribution in [0.5, 0.6) is 0 Å². The van der Waals surface area contributed by atoms with Gasteiger partial charge in [-0.2, -0.15) is 0 Å². The van der Waals surface area contributed by atoms with Gasteiger partial charge in [0, 0.05) is 31.9 Å². The number of hydrogen-bond donors (Lipinski definition) is 1. The first-order chi connectivity index (χ1) is 10.2. The van der Waals surface area contributed by atoms with Crippen molar-refractivity contribution in [3.05, 3.63) is 23.2 Å². The Morgan fingerprint density at radius 3 is 2.57 bits per heavy atom. The number of carbonyl (C=O) groups excluding carboxylic acids is 1. The number of ether oxygens (including phenoxy) is 1. The number of rotatable bonds is 2. The molecule has 2 heterocycles. The highest BCUT2D eigenvalue weighted by molar-refractivity contribution is 6.33. The molecule has 0 saturated carbocycles. The van der Waals surface area contributed by atoms with E-state index >= 15 is 0 Å². The normalized spacial score (nSPS) is 18.9. The lowest BCUT2D eigenvalue weighted by Crippen LogP contribution is -2.43. The number of benzene rings is 1. The molecule has 21 heavy (non-hydrogen) atoms.